The summed E-state index contributed by atoms with van der Waals surface area (Å²) in [5.41, 5.74) is 3.15. The predicted octanol–water partition coefficient (Wildman–Crippen LogP) is 4.90. The quantitative estimate of drug-likeness (QED) is 0.692. The van der Waals surface area contributed by atoms with Crippen LogP contribution in [0.2, 0.25) is 0 Å². The van der Waals surface area contributed by atoms with Crippen LogP contribution in [0.4, 0.5) is 5.69 Å². The highest BCUT2D eigenvalue weighted by Gasteiger charge is 2.08. The molecular weight excluding hydrogens is 294 g/mol. The maximum Gasteiger partial charge on any atom is 0.119 e. The van der Waals surface area contributed by atoms with E-state index in [0.29, 0.717) is 0 Å². The van der Waals surface area contributed by atoms with Gasteiger partial charge in [-0.15, -0.1) is 0 Å². The molecule has 3 aromatic rings. The molecule has 0 radical (unpaired) electrons. The third-order valence-electron chi connectivity index (χ3n) is 3.67. The van der Waals surface area contributed by atoms with Gasteiger partial charge in [-0.05, 0) is 42.0 Å². The summed E-state index contributed by atoms with van der Waals surface area (Å²) in [6.45, 7) is 0. The fraction of sp³-hybridized carbons (Fsp3) is 0.0909. The Hall–Kier alpha value is -3.18. The van der Waals surface area contributed by atoms with Crippen LogP contribution >= 0.6 is 0 Å². The molecule has 0 heterocycles. The lowest BCUT2D eigenvalue weighted by Gasteiger charge is -2.15. The van der Waals surface area contributed by atoms with Crippen molar-refractivity contribution in [2.45, 2.75) is 6.04 Å². The van der Waals surface area contributed by atoms with E-state index in [1.807, 2.05) is 72.8 Å². The summed E-state index contributed by atoms with van der Waals surface area (Å²) in [6.07, 6.45) is 0. The number of ether oxygens (including phenoxy) is 1. The number of rotatable bonds is 4. The summed E-state index contributed by atoms with van der Waals surface area (Å²) in [4.78, 5) is 0. The van der Waals surface area contributed by atoms with Gasteiger partial charge in [-0.25, -0.2) is 0 Å². The molecule has 2 heteroatoms. The van der Waals surface area contributed by atoms with Crippen LogP contribution < -0.4 is 10.1 Å². The number of hydrogen-bond donors (Lipinski definition) is 1. The molecule has 24 heavy (non-hydrogen) atoms. The average Bonchev–Trinajstić information content (AvgIpc) is 2.67. The van der Waals surface area contributed by atoms with Crippen molar-refractivity contribution in [3.8, 4) is 17.6 Å². The average molecular weight is 313 g/mol. The van der Waals surface area contributed by atoms with Crippen molar-refractivity contribution in [2.24, 2.45) is 0 Å². The Morgan fingerprint density at radius 1 is 0.792 bits per heavy atom. The van der Waals surface area contributed by atoms with Gasteiger partial charge in [0.2, 0.25) is 0 Å². The third-order valence-corrected chi connectivity index (χ3v) is 3.67. The summed E-state index contributed by atoms with van der Waals surface area (Å²) in [6, 6.07) is 28.1. The number of benzene rings is 3. The smallest absolute Gasteiger partial charge is 0.119 e. The minimum atomic E-state index is -0.0835. The number of nitrogens with one attached hydrogen (secondary N) is 1. The molecule has 0 spiro atoms. The van der Waals surface area contributed by atoms with Crippen LogP contribution in [0.3, 0.4) is 0 Å². The van der Waals surface area contributed by atoms with Crippen molar-refractivity contribution in [2.75, 3.05) is 12.4 Å². The van der Waals surface area contributed by atoms with E-state index in [-0.39, 0.29) is 6.04 Å². The lowest BCUT2D eigenvalue weighted by molar-refractivity contribution is 0.415. The minimum absolute atomic E-state index is 0.0835. The topological polar surface area (TPSA) is 21.3 Å². The molecule has 0 amide bonds. The van der Waals surface area contributed by atoms with Crippen LogP contribution in [0, 0.1) is 11.8 Å². The molecule has 0 saturated carbocycles. The molecule has 2 nitrogen and oxygen atoms in total. The van der Waals surface area contributed by atoms with Gasteiger partial charge in [-0.1, -0.05) is 60.4 Å². The molecule has 3 rings (SSSR count). The Bertz CT molecular complexity index is 815. The maximum atomic E-state index is 5.21. The molecular formula is C22H19NO. The fourth-order valence-corrected chi connectivity index (χ4v) is 2.38. The molecule has 3 aromatic carbocycles. The van der Waals surface area contributed by atoms with Crippen LogP contribution in [-0.2, 0) is 0 Å². The normalized spacial score (nSPS) is 11.0. The first-order valence-electron chi connectivity index (χ1n) is 7.87. The summed E-state index contributed by atoms with van der Waals surface area (Å²) in [5.74, 6) is 7.43. The van der Waals surface area contributed by atoms with Crippen LogP contribution in [0.5, 0.6) is 5.75 Å². The fourth-order valence-electron chi connectivity index (χ4n) is 2.38. The Morgan fingerprint density at radius 2 is 1.42 bits per heavy atom. The molecule has 118 valence electrons. The van der Waals surface area contributed by atoms with Gasteiger partial charge in [0.05, 0.1) is 7.11 Å². The monoisotopic (exact) mass is 313 g/mol. The van der Waals surface area contributed by atoms with Crippen molar-refractivity contribution >= 4 is 5.69 Å². The lowest BCUT2D eigenvalue weighted by atomic mass is 10.1. The van der Waals surface area contributed by atoms with E-state index < -0.39 is 0 Å². The molecule has 1 atom stereocenters. The Kier molecular flexibility index (Phi) is 5.17. The molecule has 0 aliphatic heterocycles. The largest absolute Gasteiger partial charge is 0.497 e. The van der Waals surface area contributed by atoms with Gasteiger partial charge in [-0.2, -0.15) is 0 Å². The van der Waals surface area contributed by atoms with Crippen molar-refractivity contribution in [3.63, 3.8) is 0 Å². The first-order valence-corrected chi connectivity index (χ1v) is 7.87. The number of anilines is 1. The third kappa shape index (κ3) is 4.18. The summed E-state index contributed by atoms with van der Waals surface area (Å²) >= 11 is 0. The Balaban J connectivity index is 1.86. The minimum Gasteiger partial charge on any atom is -0.497 e. The first kappa shape index (κ1) is 15.7. The second-order valence-electron chi connectivity index (χ2n) is 5.35. The van der Waals surface area contributed by atoms with E-state index >= 15 is 0 Å². The van der Waals surface area contributed by atoms with Gasteiger partial charge in [0.1, 0.15) is 11.8 Å². The zero-order valence-electron chi connectivity index (χ0n) is 13.6. The summed E-state index contributed by atoms with van der Waals surface area (Å²) in [7, 11) is 1.67. The van der Waals surface area contributed by atoms with E-state index in [1.165, 1.54) is 0 Å². The summed E-state index contributed by atoms with van der Waals surface area (Å²) < 4.78 is 5.21. The van der Waals surface area contributed by atoms with E-state index in [2.05, 4.69) is 29.3 Å². The number of methoxy groups -OCH3 is 1. The second-order valence-corrected chi connectivity index (χ2v) is 5.35. The molecule has 1 N–H and O–H groups in total. The van der Waals surface area contributed by atoms with E-state index in [0.717, 1.165) is 22.6 Å². The van der Waals surface area contributed by atoms with Gasteiger partial charge in [-0.3, -0.25) is 0 Å². The van der Waals surface area contributed by atoms with Crippen LogP contribution in [0.1, 0.15) is 17.2 Å². The zero-order chi connectivity index (χ0) is 16.6. The molecule has 0 unspecified atom stereocenters. The summed E-state index contributed by atoms with van der Waals surface area (Å²) in [5, 5.41) is 3.49. The first-order chi connectivity index (χ1) is 11.8. The van der Waals surface area contributed by atoms with Gasteiger partial charge < -0.3 is 10.1 Å². The molecule has 0 saturated heterocycles. The highest BCUT2D eigenvalue weighted by Crippen LogP contribution is 2.21. The van der Waals surface area contributed by atoms with Crippen molar-refractivity contribution in [3.05, 3.63) is 96.1 Å². The standard InChI is InChI=1S/C22H19NO/c1-24-21-15-13-20(14-16-21)23-22(19-10-6-3-7-11-19)17-12-18-8-4-2-5-9-18/h2-11,13-16,22-23H,1H3/t22-/m1/s1. The molecule has 0 aliphatic rings. The van der Waals surface area contributed by atoms with E-state index in [1.54, 1.807) is 7.11 Å². The van der Waals surface area contributed by atoms with Crippen LogP contribution in [0.25, 0.3) is 0 Å². The molecule has 0 aliphatic carbocycles. The van der Waals surface area contributed by atoms with Crippen LogP contribution in [0.15, 0.2) is 84.9 Å². The van der Waals surface area contributed by atoms with Crippen molar-refractivity contribution in [1.29, 1.82) is 0 Å². The van der Waals surface area contributed by atoms with Gasteiger partial charge >= 0.3 is 0 Å². The van der Waals surface area contributed by atoms with E-state index in [4.69, 9.17) is 4.74 Å². The Labute approximate surface area is 143 Å². The van der Waals surface area contributed by atoms with Crippen molar-refractivity contribution < 1.29 is 4.74 Å². The SMILES string of the molecule is COc1ccc(N[C@H](C#Cc2ccccc2)c2ccccc2)cc1. The van der Waals surface area contributed by atoms with Crippen LogP contribution in [-0.4, -0.2) is 7.11 Å². The molecule has 0 bridgehead atoms. The predicted molar refractivity (Wildman–Crippen MR) is 99.1 cm³/mol. The number of hydrogen-bond acceptors (Lipinski definition) is 2. The Morgan fingerprint density at radius 3 is 2.04 bits per heavy atom. The highest BCUT2D eigenvalue weighted by molar-refractivity contribution is 5.51. The zero-order valence-corrected chi connectivity index (χ0v) is 13.6. The van der Waals surface area contributed by atoms with Gasteiger partial charge in [0.25, 0.3) is 0 Å². The highest BCUT2D eigenvalue weighted by atomic mass is 16.5. The van der Waals surface area contributed by atoms with Gasteiger partial charge in [0, 0.05) is 11.3 Å². The lowest BCUT2D eigenvalue weighted by Crippen LogP contribution is -2.08. The molecule has 0 fully saturated rings. The van der Waals surface area contributed by atoms with E-state index in [9.17, 15) is 0 Å². The molecule has 0 aromatic heterocycles. The van der Waals surface area contributed by atoms with Crippen molar-refractivity contribution in [1.82, 2.24) is 0 Å². The second kappa shape index (κ2) is 7.89. The maximum absolute atomic E-state index is 5.21. The van der Waals surface area contributed by atoms with Gasteiger partial charge in [0.15, 0.2) is 0 Å².